The highest BCUT2D eigenvalue weighted by Crippen LogP contribution is 2.38. The zero-order chi connectivity index (χ0) is 21.3. The summed E-state index contributed by atoms with van der Waals surface area (Å²) in [7, 11) is 0. The number of amidine groups is 1. The summed E-state index contributed by atoms with van der Waals surface area (Å²) >= 11 is 7.36. The van der Waals surface area contributed by atoms with Crippen molar-refractivity contribution in [2.75, 3.05) is 4.90 Å². The van der Waals surface area contributed by atoms with E-state index in [-0.39, 0.29) is 16.5 Å². The largest absolute Gasteiger partial charge is 0.271 e. The van der Waals surface area contributed by atoms with Gasteiger partial charge in [-0.05, 0) is 68.1 Å². The van der Waals surface area contributed by atoms with Crippen LogP contribution in [0.3, 0.4) is 0 Å². The van der Waals surface area contributed by atoms with Crippen molar-refractivity contribution in [2.24, 2.45) is 4.99 Å². The number of hydrogen-bond donors (Lipinski definition) is 0. The Morgan fingerprint density at radius 2 is 1.60 bits per heavy atom. The highest BCUT2D eigenvalue weighted by Gasteiger charge is 2.35. The molecular formula is C24H18ClFN2OS. The Balaban J connectivity index is 1.80. The highest BCUT2D eigenvalue weighted by atomic mass is 35.5. The highest BCUT2D eigenvalue weighted by molar-refractivity contribution is 8.19. The van der Waals surface area contributed by atoms with Crippen LogP contribution in [0.4, 0.5) is 15.8 Å². The molecule has 1 aliphatic rings. The minimum atomic E-state index is -0.478. The second-order valence-corrected chi connectivity index (χ2v) is 8.37. The number of hydrogen-bond acceptors (Lipinski definition) is 3. The van der Waals surface area contributed by atoms with E-state index < -0.39 is 5.82 Å². The molecule has 0 spiro atoms. The van der Waals surface area contributed by atoms with Crippen LogP contribution in [0, 0.1) is 19.7 Å². The summed E-state index contributed by atoms with van der Waals surface area (Å²) in [5, 5.41) is 0.758. The third-order valence-corrected chi connectivity index (χ3v) is 5.93. The predicted octanol–water partition coefficient (Wildman–Crippen LogP) is 6.90. The normalized spacial score (nSPS) is 16.7. The Kier molecular flexibility index (Phi) is 5.75. The van der Waals surface area contributed by atoms with E-state index in [9.17, 15) is 9.18 Å². The number of aryl methyl sites for hydroxylation is 2. The van der Waals surface area contributed by atoms with E-state index >= 15 is 0 Å². The fourth-order valence-corrected chi connectivity index (χ4v) is 4.18. The van der Waals surface area contributed by atoms with E-state index in [1.54, 1.807) is 11.0 Å². The van der Waals surface area contributed by atoms with Crippen molar-refractivity contribution in [3.8, 4) is 0 Å². The van der Waals surface area contributed by atoms with Crippen LogP contribution in [0.25, 0.3) is 6.08 Å². The molecule has 0 radical (unpaired) electrons. The monoisotopic (exact) mass is 436 g/mol. The molecule has 150 valence electrons. The summed E-state index contributed by atoms with van der Waals surface area (Å²) in [4.78, 5) is 19.8. The zero-order valence-electron chi connectivity index (χ0n) is 16.4. The third kappa shape index (κ3) is 4.18. The number of amides is 1. The summed E-state index contributed by atoms with van der Waals surface area (Å²) in [5.41, 5.74) is 3.84. The third-order valence-electron chi connectivity index (χ3n) is 4.63. The second kappa shape index (κ2) is 8.46. The number of anilines is 1. The quantitative estimate of drug-likeness (QED) is 0.418. The van der Waals surface area contributed by atoms with Crippen molar-refractivity contribution in [1.82, 2.24) is 0 Å². The Labute approximate surface area is 183 Å². The van der Waals surface area contributed by atoms with Gasteiger partial charge in [0.1, 0.15) is 5.82 Å². The molecule has 1 aliphatic heterocycles. The lowest BCUT2D eigenvalue weighted by molar-refractivity contribution is -0.113. The molecular weight excluding hydrogens is 419 g/mol. The minimum absolute atomic E-state index is 0.190. The van der Waals surface area contributed by atoms with Gasteiger partial charge in [0.15, 0.2) is 5.17 Å². The lowest BCUT2D eigenvalue weighted by Crippen LogP contribution is -2.28. The second-order valence-electron chi connectivity index (χ2n) is 6.95. The molecule has 0 aromatic heterocycles. The average molecular weight is 437 g/mol. The van der Waals surface area contributed by atoms with Gasteiger partial charge < -0.3 is 0 Å². The van der Waals surface area contributed by atoms with Crippen molar-refractivity contribution in [3.05, 3.63) is 99.2 Å². The van der Waals surface area contributed by atoms with E-state index in [4.69, 9.17) is 11.6 Å². The first-order chi connectivity index (χ1) is 14.4. The van der Waals surface area contributed by atoms with Gasteiger partial charge in [0.25, 0.3) is 5.91 Å². The fraction of sp³-hybridized carbons (Fsp3) is 0.0833. The molecule has 0 bridgehead atoms. The van der Waals surface area contributed by atoms with Crippen LogP contribution in [0.15, 0.2) is 76.6 Å². The molecule has 0 atom stereocenters. The van der Waals surface area contributed by atoms with Gasteiger partial charge in [-0.2, -0.15) is 0 Å². The molecule has 0 N–H and O–H groups in total. The number of rotatable bonds is 3. The van der Waals surface area contributed by atoms with Crippen LogP contribution in [-0.4, -0.2) is 11.1 Å². The minimum Gasteiger partial charge on any atom is -0.268 e. The number of halogens is 2. The molecule has 0 aliphatic carbocycles. The van der Waals surface area contributed by atoms with Gasteiger partial charge >= 0.3 is 0 Å². The summed E-state index contributed by atoms with van der Waals surface area (Å²) in [6.45, 7) is 3.99. The van der Waals surface area contributed by atoms with E-state index in [1.807, 2.05) is 62.4 Å². The van der Waals surface area contributed by atoms with Crippen LogP contribution in [0.2, 0.25) is 5.02 Å². The van der Waals surface area contributed by atoms with Crippen LogP contribution in [0.1, 0.15) is 16.7 Å². The van der Waals surface area contributed by atoms with Crippen molar-refractivity contribution in [3.63, 3.8) is 0 Å². The van der Waals surface area contributed by atoms with Crippen molar-refractivity contribution >= 4 is 51.9 Å². The standard InChI is InChI=1S/C24H18ClFN2OS/c1-15-6-10-17(11-7-15)27-24-28(18-12-8-16(2)9-13-18)23(29)22(30-24)14-19-20(25)4-3-5-21(19)26/h3-14H,1-2H3/b22-14+,27-24?. The lowest BCUT2D eigenvalue weighted by Gasteiger charge is -2.16. The molecule has 1 heterocycles. The van der Waals surface area contributed by atoms with Crippen LogP contribution < -0.4 is 4.90 Å². The number of nitrogens with zero attached hydrogens (tertiary/aromatic N) is 2. The van der Waals surface area contributed by atoms with Gasteiger partial charge in [0.2, 0.25) is 0 Å². The number of carbonyl (C=O) groups excluding carboxylic acids is 1. The van der Waals surface area contributed by atoms with E-state index in [0.717, 1.165) is 16.8 Å². The smallest absolute Gasteiger partial charge is 0.268 e. The maximum Gasteiger partial charge on any atom is 0.271 e. The topological polar surface area (TPSA) is 32.7 Å². The molecule has 6 heteroatoms. The number of aliphatic imine (C=N–C) groups is 1. The molecule has 1 amide bonds. The Morgan fingerprint density at radius 3 is 2.23 bits per heavy atom. The van der Waals surface area contributed by atoms with Crippen LogP contribution in [-0.2, 0) is 4.79 Å². The van der Waals surface area contributed by atoms with E-state index in [2.05, 4.69) is 4.99 Å². The molecule has 30 heavy (non-hydrogen) atoms. The first kappa shape index (κ1) is 20.4. The van der Waals surface area contributed by atoms with Crippen LogP contribution in [0.5, 0.6) is 0 Å². The summed E-state index contributed by atoms with van der Waals surface area (Å²) in [5.74, 6) is -0.747. The fourth-order valence-electron chi connectivity index (χ4n) is 2.98. The molecule has 3 aromatic rings. The molecule has 3 aromatic carbocycles. The SMILES string of the molecule is Cc1ccc(N=C2S/C(=C/c3c(F)cccc3Cl)C(=O)N2c2ccc(C)cc2)cc1. The maximum absolute atomic E-state index is 14.3. The molecule has 3 nitrogen and oxygen atoms in total. The van der Waals surface area contributed by atoms with Crippen molar-refractivity contribution < 1.29 is 9.18 Å². The number of carbonyl (C=O) groups is 1. The Hall–Kier alpha value is -2.89. The molecule has 0 unspecified atom stereocenters. The van der Waals surface area contributed by atoms with E-state index in [0.29, 0.717) is 15.8 Å². The molecule has 0 saturated carbocycles. The summed E-state index contributed by atoms with van der Waals surface area (Å²) < 4.78 is 14.3. The van der Waals surface area contributed by atoms with Gasteiger partial charge in [-0.15, -0.1) is 0 Å². The first-order valence-electron chi connectivity index (χ1n) is 9.32. The van der Waals surface area contributed by atoms with Crippen molar-refractivity contribution in [1.29, 1.82) is 0 Å². The molecule has 1 fully saturated rings. The first-order valence-corrected chi connectivity index (χ1v) is 10.5. The summed E-state index contributed by atoms with van der Waals surface area (Å²) in [6, 6.07) is 19.8. The number of benzene rings is 3. The van der Waals surface area contributed by atoms with Crippen molar-refractivity contribution in [2.45, 2.75) is 13.8 Å². The van der Waals surface area contributed by atoms with Gasteiger partial charge in [0.05, 0.1) is 21.3 Å². The average Bonchev–Trinajstić information content (AvgIpc) is 3.02. The lowest BCUT2D eigenvalue weighted by atomic mass is 10.2. The van der Waals surface area contributed by atoms with Gasteiger partial charge in [-0.25, -0.2) is 9.38 Å². The van der Waals surface area contributed by atoms with Crippen LogP contribution >= 0.6 is 23.4 Å². The maximum atomic E-state index is 14.3. The van der Waals surface area contributed by atoms with Gasteiger partial charge in [-0.1, -0.05) is 53.1 Å². The van der Waals surface area contributed by atoms with E-state index in [1.165, 1.54) is 30.0 Å². The Morgan fingerprint density at radius 1 is 0.967 bits per heavy atom. The summed E-state index contributed by atoms with van der Waals surface area (Å²) in [6.07, 6.45) is 1.49. The van der Waals surface area contributed by atoms with Gasteiger partial charge in [-0.3, -0.25) is 9.69 Å². The van der Waals surface area contributed by atoms with Gasteiger partial charge in [0, 0.05) is 5.56 Å². The molecule has 1 saturated heterocycles. The molecule has 4 rings (SSSR count). The number of thioether (sulfide) groups is 1. The zero-order valence-corrected chi connectivity index (χ0v) is 18.0. The predicted molar refractivity (Wildman–Crippen MR) is 124 cm³/mol. The Bertz CT molecular complexity index is 1150.